The number of methoxy groups -OCH3 is 1. The van der Waals surface area contributed by atoms with E-state index in [9.17, 15) is 9.18 Å². The SMILES string of the molecule is COCCN1CC[C@H](c2nnc3ccc(C(=O)NCc4cccc(F)c4)cn23)C1. The van der Waals surface area contributed by atoms with Crippen LogP contribution < -0.4 is 5.32 Å². The van der Waals surface area contributed by atoms with Crippen LogP contribution in [-0.4, -0.2) is 58.8 Å². The molecule has 152 valence electrons. The normalized spacial score (nSPS) is 17.1. The van der Waals surface area contributed by atoms with Crippen LogP contribution in [0.25, 0.3) is 5.65 Å². The molecule has 1 atom stereocenters. The molecule has 1 N–H and O–H groups in total. The van der Waals surface area contributed by atoms with Crippen LogP contribution in [0.2, 0.25) is 0 Å². The Hall–Kier alpha value is -2.84. The minimum atomic E-state index is -0.316. The van der Waals surface area contributed by atoms with Crippen molar-refractivity contribution in [3.8, 4) is 0 Å². The van der Waals surface area contributed by atoms with E-state index >= 15 is 0 Å². The lowest BCUT2D eigenvalue weighted by Gasteiger charge is -2.14. The lowest BCUT2D eigenvalue weighted by Crippen LogP contribution is -2.25. The summed E-state index contributed by atoms with van der Waals surface area (Å²) in [7, 11) is 1.71. The van der Waals surface area contributed by atoms with Crippen LogP contribution in [0.1, 0.15) is 34.1 Å². The summed E-state index contributed by atoms with van der Waals surface area (Å²) in [5, 5.41) is 11.5. The third kappa shape index (κ3) is 4.44. The van der Waals surface area contributed by atoms with Gasteiger partial charge in [0, 0.05) is 38.9 Å². The lowest BCUT2D eigenvalue weighted by molar-refractivity contribution is 0.0950. The van der Waals surface area contributed by atoms with E-state index in [0.717, 1.165) is 37.5 Å². The third-order valence-electron chi connectivity index (χ3n) is 5.28. The molecular weight excluding hydrogens is 373 g/mol. The van der Waals surface area contributed by atoms with Crippen LogP contribution in [0, 0.1) is 5.82 Å². The van der Waals surface area contributed by atoms with Crippen LogP contribution in [0.3, 0.4) is 0 Å². The number of carbonyl (C=O) groups is 1. The summed E-state index contributed by atoms with van der Waals surface area (Å²) in [6.45, 7) is 3.78. The quantitative estimate of drug-likeness (QED) is 0.662. The lowest BCUT2D eigenvalue weighted by atomic mass is 10.1. The predicted molar refractivity (Wildman–Crippen MR) is 106 cm³/mol. The highest BCUT2D eigenvalue weighted by atomic mass is 19.1. The van der Waals surface area contributed by atoms with Crippen molar-refractivity contribution in [3.63, 3.8) is 0 Å². The maximum absolute atomic E-state index is 13.3. The van der Waals surface area contributed by atoms with E-state index in [-0.39, 0.29) is 24.2 Å². The average molecular weight is 397 g/mol. The summed E-state index contributed by atoms with van der Waals surface area (Å²) in [6, 6.07) is 9.73. The summed E-state index contributed by atoms with van der Waals surface area (Å²) in [5.74, 6) is 0.611. The third-order valence-corrected chi connectivity index (χ3v) is 5.28. The van der Waals surface area contributed by atoms with Crippen LogP contribution >= 0.6 is 0 Å². The first-order valence-corrected chi connectivity index (χ1v) is 9.72. The van der Waals surface area contributed by atoms with Gasteiger partial charge >= 0.3 is 0 Å². The molecule has 1 amide bonds. The Morgan fingerprint density at radius 2 is 2.21 bits per heavy atom. The van der Waals surface area contributed by atoms with Gasteiger partial charge in [0.05, 0.1) is 12.2 Å². The van der Waals surface area contributed by atoms with Gasteiger partial charge in [-0.15, -0.1) is 10.2 Å². The van der Waals surface area contributed by atoms with E-state index in [0.29, 0.717) is 17.7 Å². The monoisotopic (exact) mass is 397 g/mol. The number of fused-ring (bicyclic) bond motifs is 1. The van der Waals surface area contributed by atoms with Crippen molar-refractivity contribution in [1.82, 2.24) is 24.8 Å². The number of pyridine rings is 1. The number of carbonyl (C=O) groups excluding carboxylic acids is 1. The van der Waals surface area contributed by atoms with Gasteiger partial charge in [0.2, 0.25) is 0 Å². The summed E-state index contributed by atoms with van der Waals surface area (Å²) in [5.41, 5.74) is 1.95. The molecule has 1 aliphatic heterocycles. The fourth-order valence-corrected chi connectivity index (χ4v) is 3.72. The molecule has 0 radical (unpaired) electrons. The molecule has 2 aromatic heterocycles. The molecule has 1 aromatic carbocycles. The molecule has 1 fully saturated rings. The van der Waals surface area contributed by atoms with E-state index in [1.165, 1.54) is 12.1 Å². The topological polar surface area (TPSA) is 71.8 Å². The highest BCUT2D eigenvalue weighted by Gasteiger charge is 2.27. The molecular formula is C21H24FN5O2. The van der Waals surface area contributed by atoms with Gasteiger partial charge in [0.1, 0.15) is 11.6 Å². The molecule has 4 rings (SSSR count). The minimum Gasteiger partial charge on any atom is -0.383 e. The second kappa shape index (κ2) is 8.67. The molecule has 8 heteroatoms. The molecule has 0 spiro atoms. The Labute approximate surface area is 168 Å². The number of nitrogens with zero attached hydrogens (tertiary/aromatic N) is 4. The number of rotatable bonds is 7. The molecule has 1 saturated heterocycles. The molecule has 7 nitrogen and oxygen atoms in total. The number of hydrogen-bond donors (Lipinski definition) is 1. The summed E-state index contributed by atoms with van der Waals surface area (Å²) >= 11 is 0. The second-order valence-corrected chi connectivity index (χ2v) is 7.30. The summed E-state index contributed by atoms with van der Waals surface area (Å²) < 4.78 is 20.4. The second-order valence-electron chi connectivity index (χ2n) is 7.30. The number of hydrogen-bond acceptors (Lipinski definition) is 5. The van der Waals surface area contributed by atoms with Crippen molar-refractivity contribution < 1.29 is 13.9 Å². The fraction of sp³-hybridized carbons (Fsp3) is 0.381. The number of aromatic nitrogens is 3. The highest BCUT2D eigenvalue weighted by Crippen LogP contribution is 2.26. The van der Waals surface area contributed by atoms with Crippen molar-refractivity contribution in [2.45, 2.75) is 18.9 Å². The molecule has 29 heavy (non-hydrogen) atoms. The first-order valence-electron chi connectivity index (χ1n) is 9.72. The van der Waals surface area contributed by atoms with E-state index in [4.69, 9.17) is 4.74 Å². The maximum atomic E-state index is 13.3. The predicted octanol–water partition coefficient (Wildman–Crippen LogP) is 2.23. The van der Waals surface area contributed by atoms with E-state index < -0.39 is 0 Å². The zero-order chi connectivity index (χ0) is 20.2. The summed E-state index contributed by atoms with van der Waals surface area (Å²) in [4.78, 5) is 14.9. The Balaban J connectivity index is 1.47. The number of ether oxygens (including phenoxy) is 1. The van der Waals surface area contributed by atoms with E-state index in [2.05, 4.69) is 20.4 Å². The van der Waals surface area contributed by atoms with Crippen molar-refractivity contribution >= 4 is 11.6 Å². The molecule has 0 unspecified atom stereocenters. The molecule has 1 aliphatic rings. The average Bonchev–Trinajstić information content (AvgIpc) is 3.36. The van der Waals surface area contributed by atoms with E-state index in [1.807, 2.05) is 4.40 Å². The Kier molecular flexibility index (Phi) is 5.82. The zero-order valence-electron chi connectivity index (χ0n) is 16.3. The number of benzene rings is 1. The highest BCUT2D eigenvalue weighted by molar-refractivity contribution is 5.94. The van der Waals surface area contributed by atoms with Crippen molar-refractivity contribution in [3.05, 3.63) is 65.4 Å². The van der Waals surface area contributed by atoms with Gasteiger partial charge in [-0.05, 0) is 42.8 Å². The van der Waals surface area contributed by atoms with Crippen molar-refractivity contribution in [2.75, 3.05) is 33.4 Å². The van der Waals surface area contributed by atoms with Crippen LogP contribution in [0.4, 0.5) is 4.39 Å². The van der Waals surface area contributed by atoms with Gasteiger partial charge in [-0.2, -0.15) is 0 Å². The Morgan fingerprint density at radius 1 is 1.31 bits per heavy atom. The number of likely N-dealkylation sites (tertiary alicyclic amines) is 1. The van der Waals surface area contributed by atoms with Gasteiger partial charge in [-0.1, -0.05) is 12.1 Å². The zero-order valence-corrected chi connectivity index (χ0v) is 16.3. The molecule has 0 saturated carbocycles. The largest absolute Gasteiger partial charge is 0.383 e. The van der Waals surface area contributed by atoms with E-state index in [1.54, 1.807) is 37.6 Å². The first-order chi connectivity index (χ1) is 14.1. The van der Waals surface area contributed by atoms with Crippen molar-refractivity contribution in [1.29, 1.82) is 0 Å². The fourth-order valence-electron chi connectivity index (χ4n) is 3.72. The van der Waals surface area contributed by atoms with Crippen LogP contribution in [-0.2, 0) is 11.3 Å². The number of nitrogens with one attached hydrogen (secondary N) is 1. The van der Waals surface area contributed by atoms with Crippen LogP contribution in [0.5, 0.6) is 0 Å². The van der Waals surface area contributed by atoms with Gasteiger partial charge in [0.25, 0.3) is 5.91 Å². The Bertz CT molecular complexity index is 1010. The number of halogens is 1. The number of amides is 1. The summed E-state index contributed by atoms with van der Waals surface area (Å²) in [6.07, 6.45) is 2.78. The van der Waals surface area contributed by atoms with Gasteiger partial charge in [0.15, 0.2) is 5.65 Å². The smallest absolute Gasteiger partial charge is 0.253 e. The minimum absolute atomic E-state index is 0.219. The standard InChI is InChI=1S/C21H24FN5O2/c1-29-10-9-26-8-7-16(13-26)20-25-24-19-6-5-17(14-27(19)20)21(28)23-12-15-3-2-4-18(22)11-15/h2-6,11,14,16H,7-10,12-13H2,1H3,(H,23,28)/t16-/m0/s1. The van der Waals surface area contributed by atoms with Gasteiger partial charge < -0.3 is 15.0 Å². The molecule has 3 aromatic rings. The Morgan fingerprint density at radius 3 is 3.03 bits per heavy atom. The van der Waals surface area contributed by atoms with Gasteiger partial charge in [-0.25, -0.2) is 4.39 Å². The molecule has 3 heterocycles. The molecule has 0 aliphatic carbocycles. The van der Waals surface area contributed by atoms with Gasteiger partial charge in [-0.3, -0.25) is 9.20 Å². The molecule has 0 bridgehead atoms. The van der Waals surface area contributed by atoms with Crippen LogP contribution in [0.15, 0.2) is 42.6 Å². The van der Waals surface area contributed by atoms with Crippen molar-refractivity contribution in [2.24, 2.45) is 0 Å². The maximum Gasteiger partial charge on any atom is 0.253 e. The first kappa shape index (κ1) is 19.5.